The number of carbonyl (C=O) groups is 1. The van der Waals surface area contributed by atoms with E-state index in [0.717, 1.165) is 35.1 Å². The zero-order valence-electron chi connectivity index (χ0n) is 14.9. The zero-order chi connectivity index (χ0) is 17.9. The maximum atomic E-state index is 12.6. The Bertz CT molecular complexity index is 909. The van der Waals surface area contributed by atoms with E-state index in [4.69, 9.17) is 4.74 Å². The van der Waals surface area contributed by atoms with E-state index in [-0.39, 0.29) is 5.91 Å². The third-order valence-corrected chi connectivity index (χ3v) is 5.09. The topological polar surface area (TPSA) is 56.2 Å². The van der Waals surface area contributed by atoms with E-state index in [9.17, 15) is 4.79 Å². The number of nitrogens with one attached hydrogen (secondary N) is 1. The molecule has 1 aliphatic carbocycles. The number of benzene rings is 2. The average Bonchev–Trinajstić information content (AvgIpc) is 3.32. The highest BCUT2D eigenvalue weighted by molar-refractivity contribution is 5.98. The predicted octanol–water partition coefficient (Wildman–Crippen LogP) is 3.77. The van der Waals surface area contributed by atoms with Gasteiger partial charge in [0.05, 0.1) is 25.4 Å². The van der Waals surface area contributed by atoms with Crippen LogP contribution in [0.15, 0.2) is 48.7 Å². The molecule has 5 heteroatoms. The number of hydrogen-bond donors (Lipinski definition) is 1. The molecule has 0 spiro atoms. The molecule has 0 radical (unpaired) electrons. The molecule has 1 aliphatic rings. The molecule has 2 aromatic carbocycles. The van der Waals surface area contributed by atoms with Crippen molar-refractivity contribution in [2.24, 2.45) is 0 Å². The Kier molecular flexibility index (Phi) is 4.61. The Morgan fingerprint density at radius 3 is 2.69 bits per heavy atom. The zero-order valence-corrected chi connectivity index (χ0v) is 14.9. The first kappa shape index (κ1) is 16.6. The molecule has 0 unspecified atom stereocenters. The Hall–Kier alpha value is -2.82. The summed E-state index contributed by atoms with van der Waals surface area (Å²) in [6.07, 6.45) is 6.43. The maximum Gasteiger partial charge on any atom is 0.251 e. The van der Waals surface area contributed by atoms with Crippen LogP contribution in [0, 0.1) is 0 Å². The molecule has 1 fully saturated rings. The van der Waals surface area contributed by atoms with Crippen LogP contribution in [0.5, 0.6) is 5.75 Å². The lowest BCUT2D eigenvalue weighted by Crippen LogP contribution is -2.32. The first-order chi connectivity index (χ1) is 12.7. The quantitative estimate of drug-likeness (QED) is 0.763. The van der Waals surface area contributed by atoms with Crippen molar-refractivity contribution in [1.29, 1.82) is 0 Å². The van der Waals surface area contributed by atoms with Crippen molar-refractivity contribution in [1.82, 2.24) is 15.1 Å². The minimum Gasteiger partial charge on any atom is -0.497 e. The number of ether oxygens (including phenoxy) is 1. The van der Waals surface area contributed by atoms with Crippen molar-refractivity contribution in [2.45, 2.75) is 38.3 Å². The van der Waals surface area contributed by atoms with Gasteiger partial charge in [0.25, 0.3) is 5.91 Å². The molecule has 0 aliphatic heterocycles. The van der Waals surface area contributed by atoms with E-state index < -0.39 is 0 Å². The Morgan fingerprint density at radius 2 is 1.96 bits per heavy atom. The van der Waals surface area contributed by atoms with Gasteiger partial charge in [-0.1, -0.05) is 31.0 Å². The smallest absolute Gasteiger partial charge is 0.251 e. The molecular formula is C21H23N3O2. The molecular weight excluding hydrogens is 326 g/mol. The van der Waals surface area contributed by atoms with Crippen LogP contribution in [-0.4, -0.2) is 28.8 Å². The van der Waals surface area contributed by atoms with Gasteiger partial charge in [0.1, 0.15) is 5.75 Å². The predicted molar refractivity (Wildman–Crippen MR) is 102 cm³/mol. The normalized spacial score (nSPS) is 14.7. The van der Waals surface area contributed by atoms with E-state index in [0.29, 0.717) is 18.2 Å². The molecule has 1 heterocycles. The molecule has 0 saturated heterocycles. The van der Waals surface area contributed by atoms with Gasteiger partial charge in [-0.05, 0) is 42.7 Å². The van der Waals surface area contributed by atoms with Crippen LogP contribution >= 0.6 is 0 Å². The molecule has 4 rings (SSSR count). The van der Waals surface area contributed by atoms with Gasteiger partial charge in [-0.3, -0.25) is 9.48 Å². The molecule has 1 N–H and O–H groups in total. The summed E-state index contributed by atoms with van der Waals surface area (Å²) < 4.78 is 7.14. The lowest BCUT2D eigenvalue weighted by atomic mass is 10.1. The molecule has 134 valence electrons. The number of nitrogens with zero attached hydrogens (tertiary/aromatic N) is 2. The third kappa shape index (κ3) is 3.43. The van der Waals surface area contributed by atoms with Gasteiger partial charge in [-0.25, -0.2) is 0 Å². The van der Waals surface area contributed by atoms with Crippen LogP contribution in [0.4, 0.5) is 0 Å². The highest BCUT2D eigenvalue weighted by Gasteiger charge is 2.18. The van der Waals surface area contributed by atoms with Crippen molar-refractivity contribution in [3.8, 4) is 5.75 Å². The first-order valence-electron chi connectivity index (χ1n) is 9.12. The monoisotopic (exact) mass is 349 g/mol. The van der Waals surface area contributed by atoms with Gasteiger partial charge < -0.3 is 10.1 Å². The highest BCUT2D eigenvalue weighted by Crippen LogP contribution is 2.21. The standard InChI is InChI=1S/C21H23N3O2/c1-26-19-10-6-15(7-11-19)14-24-20-12-16(8-9-17(20)13-22-24)21(25)23-18-4-2-3-5-18/h6-13,18H,2-5,14H2,1H3,(H,23,25). The van der Waals surface area contributed by atoms with Gasteiger partial charge in [0.15, 0.2) is 0 Å². The van der Waals surface area contributed by atoms with Crippen LogP contribution in [-0.2, 0) is 6.54 Å². The van der Waals surface area contributed by atoms with Crippen LogP contribution in [0.1, 0.15) is 41.6 Å². The molecule has 1 amide bonds. The summed E-state index contributed by atoms with van der Waals surface area (Å²) in [6, 6.07) is 14.1. The summed E-state index contributed by atoms with van der Waals surface area (Å²) in [7, 11) is 1.66. The average molecular weight is 349 g/mol. The van der Waals surface area contributed by atoms with Gasteiger partial charge >= 0.3 is 0 Å². The summed E-state index contributed by atoms with van der Waals surface area (Å²) >= 11 is 0. The molecule has 0 atom stereocenters. The minimum atomic E-state index is 0.0102. The number of amides is 1. The lowest BCUT2D eigenvalue weighted by Gasteiger charge is -2.12. The Balaban J connectivity index is 1.56. The maximum absolute atomic E-state index is 12.6. The summed E-state index contributed by atoms with van der Waals surface area (Å²) in [6.45, 7) is 0.654. The molecule has 0 bridgehead atoms. The lowest BCUT2D eigenvalue weighted by molar-refractivity contribution is 0.0938. The fourth-order valence-corrected chi connectivity index (χ4v) is 3.58. The number of aromatic nitrogens is 2. The number of carbonyl (C=O) groups excluding carboxylic acids is 1. The van der Waals surface area contributed by atoms with Crippen LogP contribution in [0.25, 0.3) is 10.9 Å². The first-order valence-corrected chi connectivity index (χ1v) is 9.12. The third-order valence-electron chi connectivity index (χ3n) is 5.09. The second kappa shape index (κ2) is 7.20. The number of fused-ring (bicyclic) bond motifs is 1. The molecule has 26 heavy (non-hydrogen) atoms. The molecule has 5 nitrogen and oxygen atoms in total. The van der Waals surface area contributed by atoms with E-state index in [2.05, 4.69) is 10.4 Å². The van der Waals surface area contributed by atoms with E-state index >= 15 is 0 Å². The molecule has 1 saturated carbocycles. The van der Waals surface area contributed by atoms with E-state index in [1.807, 2.05) is 53.3 Å². The van der Waals surface area contributed by atoms with Crippen molar-refractivity contribution in [2.75, 3.05) is 7.11 Å². The minimum absolute atomic E-state index is 0.0102. The van der Waals surface area contributed by atoms with Crippen molar-refractivity contribution < 1.29 is 9.53 Å². The Morgan fingerprint density at radius 1 is 1.19 bits per heavy atom. The number of rotatable bonds is 5. The van der Waals surface area contributed by atoms with Gasteiger partial charge in [0, 0.05) is 17.0 Å². The SMILES string of the molecule is COc1ccc(Cn2ncc3ccc(C(=O)NC4CCCC4)cc32)cc1. The van der Waals surface area contributed by atoms with Gasteiger partial charge in [-0.15, -0.1) is 0 Å². The Labute approximate surface area is 153 Å². The summed E-state index contributed by atoms with van der Waals surface area (Å²) in [5.41, 5.74) is 2.80. The number of hydrogen-bond acceptors (Lipinski definition) is 3. The fraction of sp³-hybridized carbons (Fsp3) is 0.333. The van der Waals surface area contributed by atoms with Crippen molar-refractivity contribution in [3.63, 3.8) is 0 Å². The summed E-state index contributed by atoms with van der Waals surface area (Å²) in [5, 5.41) is 8.68. The largest absolute Gasteiger partial charge is 0.497 e. The summed E-state index contributed by atoms with van der Waals surface area (Å²) in [5.74, 6) is 0.848. The summed E-state index contributed by atoms with van der Waals surface area (Å²) in [4.78, 5) is 12.6. The van der Waals surface area contributed by atoms with Crippen molar-refractivity contribution >= 4 is 16.8 Å². The number of methoxy groups -OCH3 is 1. The molecule has 3 aromatic rings. The fourth-order valence-electron chi connectivity index (χ4n) is 3.58. The van der Waals surface area contributed by atoms with Gasteiger partial charge in [0.2, 0.25) is 0 Å². The van der Waals surface area contributed by atoms with Crippen LogP contribution in [0.3, 0.4) is 0 Å². The van der Waals surface area contributed by atoms with E-state index in [1.165, 1.54) is 12.8 Å². The van der Waals surface area contributed by atoms with Crippen LogP contribution < -0.4 is 10.1 Å². The highest BCUT2D eigenvalue weighted by atomic mass is 16.5. The van der Waals surface area contributed by atoms with Gasteiger partial charge in [-0.2, -0.15) is 5.10 Å². The second-order valence-corrected chi connectivity index (χ2v) is 6.88. The second-order valence-electron chi connectivity index (χ2n) is 6.88. The molecule has 1 aromatic heterocycles. The van der Waals surface area contributed by atoms with Crippen molar-refractivity contribution in [3.05, 3.63) is 59.8 Å². The van der Waals surface area contributed by atoms with Crippen LogP contribution in [0.2, 0.25) is 0 Å². The van der Waals surface area contributed by atoms with E-state index in [1.54, 1.807) is 7.11 Å².